The number of rotatable bonds is 7. The Morgan fingerprint density at radius 3 is 2.87 bits per heavy atom. The molecule has 3 aliphatic heterocycles. The summed E-state index contributed by atoms with van der Waals surface area (Å²) in [6, 6.07) is -2.09. The van der Waals surface area contributed by atoms with Crippen LogP contribution in [0.4, 0.5) is 4.79 Å². The number of nitrogens with zero attached hydrogens (tertiary/aromatic N) is 5. The molecule has 14 nitrogen and oxygen atoms in total. The van der Waals surface area contributed by atoms with Crippen LogP contribution in [0.1, 0.15) is 25.3 Å². The Kier molecular flexibility index (Phi) is 7.34. The predicted octanol–water partition coefficient (Wildman–Crippen LogP) is -5.11. The standard InChI is InChI=1S/C14H21N7O7S.Na/c22-13(18-27-6-9-3-11(4-16-9)20-8-15-7-17-20)12-2-1-10-5-19(12)14(23)21(10)28-29(24,25)26;/h7-12,16H,1-6H2,(H,18,22)(H,24,25,26);/q;+1/p-1/t9-,10-,11-,12+;/m1./s1. The SMILES string of the molecule is O=C(NOC[C@H]1C[C@@H](n2cncn2)CN1)[C@@H]1CC[C@@H]2CN1C(=O)N2OS(=O)(=O)[O-].[Na+]. The summed E-state index contributed by atoms with van der Waals surface area (Å²) in [4.78, 5) is 35.1. The molecule has 1 aromatic rings. The first-order valence-corrected chi connectivity index (χ1v) is 10.4. The first-order chi connectivity index (χ1) is 13.8. The Hall–Kier alpha value is -1.33. The molecule has 3 amide bonds. The minimum Gasteiger partial charge on any atom is -0.724 e. The van der Waals surface area contributed by atoms with Crippen LogP contribution in [0, 0.1) is 0 Å². The van der Waals surface area contributed by atoms with Gasteiger partial charge in [0.05, 0.1) is 18.7 Å². The molecular weight excluding hydrogens is 433 g/mol. The molecular formula is C14H20N7NaO7S. The van der Waals surface area contributed by atoms with E-state index in [0.717, 1.165) is 6.42 Å². The number of hydrogen-bond acceptors (Lipinski definition) is 10. The summed E-state index contributed by atoms with van der Waals surface area (Å²) in [6.07, 6.45) is 4.48. The second kappa shape index (κ2) is 9.44. The first-order valence-electron chi connectivity index (χ1n) is 9.06. The molecule has 4 rings (SSSR count). The first kappa shape index (κ1) is 23.3. The van der Waals surface area contributed by atoms with Crippen molar-refractivity contribution in [2.45, 2.75) is 43.4 Å². The van der Waals surface area contributed by atoms with Crippen molar-refractivity contribution < 1.29 is 61.2 Å². The Labute approximate surface area is 194 Å². The van der Waals surface area contributed by atoms with E-state index in [2.05, 4.69) is 25.2 Å². The van der Waals surface area contributed by atoms with Crippen LogP contribution in [0.15, 0.2) is 12.7 Å². The van der Waals surface area contributed by atoms with E-state index >= 15 is 0 Å². The van der Waals surface area contributed by atoms with Crippen molar-refractivity contribution in [3.05, 3.63) is 12.7 Å². The van der Waals surface area contributed by atoms with Crippen LogP contribution in [0.3, 0.4) is 0 Å². The number of carbonyl (C=O) groups excluding carboxylic acids is 2. The van der Waals surface area contributed by atoms with E-state index in [1.54, 1.807) is 11.0 Å². The monoisotopic (exact) mass is 453 g/mol. The minimum atomic E-state index is -5.08. The van der Waals surface area contributed by atoms with E-state index in [1.165, 1.54) is 11.2 Å². The van der Waals surface area contributed by atoms with Crippen LogP contribution in [0.5, 0.6) is 0 Å². The number of piperidine rings is 1. The quantitative estimate of drug-likeness (QED) is 0.176. The van der Waals surface area contributed by atoms with E-state index in [0.29, 0.717) is 24.4 Å². The number of urea groups is 1. The second-order valence-corrected chi connectivity index (χ2v) is 8.10. The van der Waals surface area contributed by atoms with Crippen molar-refractivity contribution in [1.29, 1.82) is 0 Å². The maximum atomic E-state index is 12.4. The number of nitrogens with one attached hydrogen (secondary N) is 2. The van der Waals surface area contributed by atoms with E-state index in [9.17, 15) is 22.6 Å². The van der Waals surface area contributed by atoms with Crippen LogP contribution in [0.25, 0.3) is 0 Å². The molecule has 3 fully saturated rings. The number of hydrogen-bond donors (Lipinski definition) is 2. The van der Waals surface area contributed by atoms with Crippen molar-refractivity contribution in [2.75, 3.05) is 19.7 Å². The van der Waals surface area contributed by atoms with Crippen molar-refractivity contribution >= 4 is 22.3 Å². The van der Waals surface area contributed by atoms with Crippen LogP contribution in [0.2, 0.25) is 0 Å². The van der Waals surface area contributed by atoms with Crippen LogP contribution < -0.4 is 40.4 Å². The van der Waals surface area contributed by atoms with E-state index in [4.69, 9.17) is 4.84 Å². The molecule has 3 aliphatic rings. The van der Waals surface area contributed by atoms with Gasteiger partial charge in [-0.15, -0.1) is 0 Å². The van der Waals surface area contributed by atoms with E-state index in [-0.39, 0.29) is 54.8 Å². The van der Waals surface area contributed by atoms with Crippen molar-refractivity contribution in [2.24, 2.45) is 0 Å². The normalized spacial score (nSPS) is 28.5. The minimum absolute atomic E-state index is 0. The molecule has 2 bridgehead atoms. The largest absolute Gasteiger partial charge is 1.00 e. The summed E-state index contributed by atoms with van der Waals surface area (Å²) < 4.78 is 38.4. The molecule has 0 aromatic carbocycles. The number of aromatic nitrogens is 3. The predicted molar refractivity (Wildman–Crippen MR) is 91.1 cm³/mol. The molecule has 30 heavy (non-hydrogen) atoms. The Morgan fingerprint density at radius 2 is 2.17 bits per heavy atom. The number of carbonyl (C=O) groups is 2. The van der Waals surface area contributed by atoms with Gasteiger partial charge < -0.3 is 14.8 Å². The van der Waals surface area contributed by atoms with E-state index in [1.807, 2.05) is 0 Å². The zero-order valence-electron chi connectivity index (χ0n) is 16.2. The fourth-order valence-electron chi connectivity index (χ4n) is 3.91. The molecule has 4 heterocycles. The summed E-state index contributed by atoms with van der Waals surface area (Å²) in [6.45, 7) is 1.02. The van der Waals surface area contributed by atoms with Gasteiger partial charge in [0.25, 0.3) is 5.91 Å². The third-order valence-electron chi connectivity index (χ3n) is 5.26. The zero-order valence-corrected chi connectivity index (χ0v) is 19.0. The molecule has 0 spiro atoms. The maximum absolute atomic E-state index is 12.4. The van der Waals surface area contributed by atoms with Crippen molar-refractivity contribution in [3.63, 3.8) is 0 Å². The van der Waals surface area contributed by atoms with Crippen LogP contribution in [-0.4, -0.2) is 87.5 Å². The van der Waals surface area contributed by atoms with Gasteiger partial charge >= 0.3 is 35.6 Å². The van der Waals surface area contributed by atoms with Gasteiger partial charge in [0, 0.05) is 19.1 Å². The summed E-state index contributed by atoms with van der Waals surface area (Å²) in [5.74, 6) is -0.519. The van der Waals surface area contributed by atoms with Gasteiger partial charge in [-0.05, 0) is 19.3 Å². The molecule has 1 aromatic heterocycles. The molecule has 160 valence electrons. The topological polar surface area (TPSA) is 171 Å². The fraction of sp³-hybridized carbons (Fsp3) is 0.714. The molecule has 0 saturated carbocycles. The Morgan fingerprint density at radius 1 is 1.37 bits per heavy atom. The number of fused-ring (bicyclic) bond motifs is 2. The molecule has 4 atom stereocenters. The fourth-order valence-corrected chi connectivity index (χ4v) is 4.30. The van der Waals surface area contributed by atoms with Crippen molar-refractivity contribution in [1.82, 2.24) is 35.5 Å². The van der Waals surface area contributed by atoms with Crippen LogP contribution >= 0.6 is 0 Å². The third kappa shape index (κ3) is 5.11. The number of amides is 3. The molecule has 0 radical (unpaired) electrons. The molecule has 2 N–H and O–H groups in total. The average Bonchev–Trinajstić information content (AvgIpc) is 3.39. The van der Waals surface area contributed by atoms with Gasteiger partial charge in [-0.1, -0.05) is 0 Å². The van der Waals surface area contributed by atoms with Gasteiger partial charge in [-0.25, -0.2) is 28.4 Å². The molecule has 3 saturated heterocycles. The summed E-state index contributed by atoms with van der Waals surface area (Å²) in [5, 5.41) is 7.91. The maximum Gasteiger partial charge on any atom is 1.00 e. The zero-order chi connectivity index (χ0) is 20.6. The molecule has 0 unspecified atom stereocenters. The van der Waals surface area contributed by atoms with E-state index < -0.39 is 34.4 Å². The van der Waals surface area contributed by atoms with Gasteiger partial charge in [0.1, 0.15) is 18.7 Å². The van der Waals surface area contributed by atoms with Gasteiger partial charge in [-0.3, -0.25) is 9.63 Å². The van der Waals surface area contributed by atoms with Gasteiger partial charge in [0.2, 0.25) is 10.4 Å². The third-order valence-corrected chi connectivity index (χ3v) is 5.61. The van der Waals surface area contributed by atoms with Gasteiger partial charge in [0.15, 0.2) is 0 Å². The second-order valence-electron chi connectivity index (χ2n) is 7.14. The summed E-state index contributed by atoms with van der Waals surface area (Å²) in [5.41, 5.74) is 2.35. The summed E-state index contributed by atoms with van der Waals surface area (Å²) in [7, 11) is -5.08. The Balaban J connectivity index is 0.00000256. The molecule has 16 heteroatoms. The van der Waals surface area contributed by atoms with Crippen molar-refractivity contribution in [3.8, 4) is 0 Å². The summed E-state index contributed by atoms with van der Waals surface area (Å²) >= 11 is 0. The Bertz CT molecular complexity index is 870. The number of hydroxylamine groups is 3. The van der Waals surface area contributed by atoms with Crippen LogP contribution in [-0.2, 0) is 24.3 Å². The average molecular weight is 453 g/mol. The smallest absolute Gasteiger partial charge is 0.724 e. The molecule has 0 aliphatic carbocycles. The van der Waals surface area contributed by atoms with Gasteiger partial charge in [-0.2, -0.15) is 14.4 Å².